The number of halogens is 1. The lowest BCUT2D eigenvalue weighted by Crippen LogP contribution is -2.18. The van der Waals surface area contributed by atoms with Gasteiger partial charge in [-0.3, -0.25) is 9.59 Å². The van der Waals surface area contributed by atoms with Gasteiger partial charge in [0.15, 0.2) is 5.76 Å². The predicted molar refractivity (Wildman–Crippen MR) is 138 cm³/mol. The molecule has 0 unspecified atom stereocenters. The molecule has 0 atom stereocenters. The van der Waals surface area contributed by atoms with Crippen LogP contribution in [0.25, 0.3) is 0 Å². The van der Waals surface area contributed by atoms with Gasteiger partial charge in [-0.05, 0) is 67.6 Å². The second kappa shape index (κ2) is 11.3. The predicted octanol–water partition coefficient (Wildman–Crippen LogP) is 5.59. The SMILES string of the molecule is Cc1ccc(C(=O)Oc2ccc(Br)cc2C=NNC(=O)c2cccc(NC(=O)c3ccco3)c2)cc1. The smallest absolute Gasteiger partial charge is 0.343 e. The summed E-state index contributed by atoms with van der Waals surface area (Å²) in [7, 11) is 0. The fraction of sp³-hybridized carbons (Fsp3) is 0.0370. The third kappa shape index (κ3) is 6.34. The lowest BCUT2D eigenvalue weighted by Gasteiger charge is -2.08. The standard InChI is InChI=1S/C27H20BrN3O5/c1-17-7-9-18(10-8-17)27(34)36-23-12-11-21(28)14-20(23)16-29-31-25(32)19-4-2-5-22(15-19)30-26(33)24-6-3-13-35-24/h2-16H,1H3,(H,30,33)(H,31,32). The molecule has 0 spiro atoms. The van der Waals surface area contributed by atoms with Crippen molar-refractivity contribution >= 4 is 45.6 Å². The lowest BCUT2D eigenvalue weighted by molar-refractivity contribution is 0.0734. The molecule has 0 aliphatic carbocycles. The van der Waals surface area contributed by atoms with Gasteiger partial charge in [0.05, 0.1) is 18.0 Å². The zero-order valence-corrected chi connectivity index (χ0v) is 20.6. The number of furan rings is 1. The largest absolute Gasteiger partial charge is 0.459 e. The van der Waals surface area contributed by atoms with Crippen LogP contribution in [0.4, 0.5) is 5.69 Å². The first-order chi connectivity index (χ1) is 17.4. The van der Waals surface area contributed by atoms with Crippen LogP contribution in [0.3, 0.4) is 0 Å². The van der Waals surface area contributed by atoms with Crippen LogP contribution in [-0.2, 0) is 0 Å². The number of hydrogen-bond donors (Lipinski definition) is 2. The molecular weight excluding hydrogens is 526 g/mol. The first-order valence-electron chi connectivity index (χ1n) is 10.8. The zero-order valence-electron chi connectivity index (χ0n) is 19.0. The Morgan fingerprint density at radius 2 is 1.72 bits per heavy atom. The van der Waals surface area contributed by atoms with Gasteiger partial charge in [0, 0.05) is 21.3 Å². The maximum Gasteiger partial charge on any atom is 0.343 e. The fourth-order valence-electron chi connectivity index (χ4n) is 3.13. The molecule has 0 aliphatic rings. The summed E-state index contributed by atoms with van der Waals surface area (Å²) in [6.45, 7) is 1.93. The summed E-state index contributed by atoms with van der Waals surface area (Å²) in [4.78, 5) is 37.3. The maximum absolute atomic E-state index is 12.6. The van der Waals surface area contributed by atoms with Crippen LogP contribution in [0.1, 0.15) is 42.4 Å². The van der Waals surface area contributed by atoms with Gasteiger partial charge in [-0.25, -0.2) is 10.2 Å². The summed E-state index contributed by atoms with van der Waals surface area (Å²) < 4.78 is 11.3. The summed E-state index contributed by atoms with van der Waals surface area (Å²) >= 11 is 3.38. The third-order valence-electron chi connectivity index (χ3n) is 4.96. The van der Waals surface area contributed by atoms with E-state index in [-0.39, 0.29) is 17.1 Å². The van der Waals surface area contributed by atoms with Gasteiger partial charge >= 0.3 is 5.97 Å². The molecule has 0 saturated heterocycles. The summed E-state index contributed by atoms with van der Waals surface area (Å²) in [5.74, 6) is -0.998. The number of rotatable bonds is 7. The number of hydrogen-bond acceptors (Lipinski definition) is 6. The highest BCUT2D eigenvalue weighted by Gasteiger charge is 2.13. The first kappa shape index (κ1) is 24.6. The minimum Gasteiger partial charge on any atom is -0.459 e. The maximum atomic E-state index is 12.6. The summed E-state index contributed by atoms with van der Waals surface area (Å²) in [6.07, 6.45) is 2.78. The van der Waals surface area contributed by atoms with Crippen LogP contribution < -0.4 is 15.5 Å². The summed E-state index contributed by atoms with van der Waals surface area (Å²) in [5, 5.41) is 6.67. The number of anilines is 1. The van der Waals surface area contributed by atoms with Crippen molar-refractivity contribution in [2.24, 2.45) is 5.10 Å². The quantitative estimate of drug-likeness (QED) is 0.136. The Hall–Kier alpha value is -4.50. The number of hydrazone groups is 1. The number of esters is 1. The van der Waals surface area contributed by atoms with Crippen LogP contribution in [-0.4, -0.2) is 24.0 Å². The topological polar surface area (TPSA) is 110 Å². The number of benzene rings is 3. The molecule has 4 aromatic rings. The molecule has 1 aromatic heterocycles. The highest BCUT2D eigenvalue weighted by atomic mass is 79.9. The van der Waals surface area contributed by atoms with Crippen molar-refractivity contribution in [2.75, 3.05) is 5.32 Å². The molecule has 3 aromatic carbocycles. The van der Waals surface area contributed by atoms with E-state index in [1.165, 1.54) is 24.6 Å². The Balaban J connectivity index is 1.43. The normalized spacial score (nSPS) is 10.7. The van der Waals surface area contributed by atoms with E-state index < -0.39 is 17.8 Å². The molecule has 0 saturated carbocycles. The van der Waals surface area contributed by atoms with E-state index in [0.29, 0.717) is 16.8 Å². The molecule has 8 nitrogen and oxygen atoms in total. The van der Waals surface area contributed by atoms with E-state index in [2.05, 4.69) is 31.8 Å². The molecule has 180 valence electrons. The molecule has 0 aliphatic heterocycles. The Kier molecular flexibility index (Phi) is 7.72. The van der Waals surface area contributed by atoms with Crippen molar-refractivity contribution in [1.82, 2.24) is 5.43 Å². The average Bonchev–Trinajstić information content (AvgIpc) is 3.41. The van der Waals surface area contributed by atoms with Crippen molar-refractivity contribution in [1.29, 1.82) is 0 Å². The highest BCUT2D eigenvalue weighted by molar-refractivity contribution is 9.10. The molecular formula is C27H20BrN3O5. The highest BCUT2D eigenvalue weighted by Crippen LogP contribution is 2.23. The van der Waals surface area contributed by atoms with E-state index in [4.69, 9.17) is 9.15 Å². The van der Waals surface area contributed by atoms with E-state index in [1.54, 1.807) is 54.6 Å². The number of nitrogens with zero attached hydrogens (tertiary/aromatic N) is 1. The number of ether oxygens (including phenoxy) is 1. The van der Waals surface area contributed by atoms with E-state index in [1.807, 2.05) is 19.1 Å². The fourth-order valence-corrected chi connectivity index (χ4v) is 3.50. The number of carbonyl (C=O) groups is 3. The molecule has 1 heterocycles. The van der Waals surface area contributed by atoms with Crippen molar-refractivity contribution in [3.05, 3.63) is 118 Å². The van der Waals surface area contributed by atoms with Gasteiger partial charge in [-0.2, -0.15) is 5.10 Å². The molecule has 0 fully saturated rings. The average molecular weight is 546 g/mol. The van der Waals surface area contributed by atoms with Gasteiger partial charge in [-0.15, -0.1) is 0 Å². The number of aryl methyl sites for hydroxylation is 1. The number of carbonyl (C=O) groups excluding carboxylic acids is 3. The first-order valence-corrected chi connectivity index (χ1v) is 11.5. The zero-order chi connectivity index (χ0) is 25.5. The molecule has 2 amide bonds. The van der Waals surface area contributed by atoms with Gasteiger partial charge in [0.2, 0.25) is 0 Å². The van der Waals surface area contributed by atoms with Crippen molar-refractivity contribution < 1.29 is 23.5 Å². The lowest BCUT2D eigenvalue weighted by atomic mass is 10.1. The van der Waals surface area contributed by atoms with Crippen LogP contribution in [0.2, 0.25) is 0 Å². The Morgan fingerprint density at radius 1 is 0.917 bits per heavy atom. The van der Waals surface area contributed by atoms with Gasteiger partial charge < -0.3 is 14.5 Å². The third-order valence-corrected chi connectivity index (χ3v) is 5.45. The van der Waals surface area contributed by atoms with Gasteiger partial charge in [0.1, 0.15) is 5.75 Å². The van der Waals surface area contributed by atoms with Crippen molar-refractivity contribution in [3.8, 4) is 5.75 Å². The Labute approximate surface area is 215 Å². The summed E-state index contributed by atoms with van der Waals surface area (Å²) in [5.41, 5.74) is 5.06. The molecule has 4 rings (SSSR count). The molecule has 0 radical (unpaired) electrons. The molecule has 9 heteroatoms. The van der Waals surface area contributed by atoms with E-state index >= 15 is 0 Å². The van der Waals surface area contributed by atoms with E-state index in [0.717, 1.165) is 10.0 Å². The van der Waals surface area contributed by atoms with Crippen LogP contribution in [0.5, 0.6) is 5.75 Å². The monoisotopic (exact) mass is 545 g/mol. The Morgan fingerprint density at radius 3 is 2.47 bits per heavy atom. The van der Waals surface area contributed by atoms with Crippen LogP contribution >= 0.6 is 15.9 Å². The van der Waals surface area contributed by atoms with Gasteiger partial charge in [0.25, 0.3) is 11.8 Å². The molecule has 36 heavy (non-hydrogen) atoms. The number of amides is 2. The van der Waals surface area contributed by atoms with Gasteiger partial charge in [-0.1, -0.05) is 39.7 Å². The van der Waals surface area contributed by atoms with Crippen LogP contribution in [0, 0.1) is 6.92 Å². The molecule has 2 N–H and O–H groups in total. The number of nitrogens with one attached hydrogen (secondary N) is 2. The molecule has 0 bridgehead atoms. The van der Waals surface area contributed by atoms with Crippen LogP contribution in [0.15, 0.2) is 99.1 Å². The second-order valence-electron chi connectivity index (χ2n) is 7.65. The Bertz CT molecular complexity index is 1430. The minimum absolute atomic E-state index is 0.155. The van der Waals surface area contributed by atoms with Crippen molar-refractivity contribution in [2.45, 2.75) is 6.92 Å². The van der Waals surface area contributed by atoms with Crippen molar-refractivity contribution in [3.63, 3.8) is 0 Å². The summed E-state index contributed by atoms with van der Waals surface area (Å²) in [6, 6.07) is 21.6. The second-order valence-corrected chi connectivity index (χ2v) is 8.56. The minimum atomic E-state index is -0.510. The van der Waals surface area contributed by atoms with E-state index in [9.17, 15) is 14.4 Å².